The number of nitrogens with zero attached hydrogens (tertiary/aromatic N) is 1. The van der Waals surface area contributed by atoms with E-state index in [2.05, 4.69) is 47.4 Å². The smallest absolute Gasteiger partial charge is 0.0645 e. The van der Waals surface area contributed by atoms with Gasteiger partial charge in [0.05, 0.1) is 10.7 Å². The predicted molar refractivity (Wildman–Crippen MR) is 90.6 cm³/mol. The van der Waals surface area contributed by atoms with Crippen molar-refractivity contribution in [1.82, 2.24) is 0 Å². The molecule has 0 aromatic heterocycles. The number of anilines is 2. The SMILES string of the molecule is CC(N)Cc1ccc(N2CCCc3ccccc32)c(Cl)c1. The molecule has 21 heavy (non-hydrogen) atoms. The maximum absolute atomic E-state index is 6.53. The first kappa shape index (κ1) is 14.4. The molecule has 0 saturated heterocycles. The number of hydrogen-bond acceptors (Lipinski definition) is 2. The van der Waals surface area contributed by atoms with Gasteiger partial charge in [-0.1, -0.05) is 35.9 Å². The maximum Gasteiger partial charge on any atom is 0.0645 e. The minimum absolute atomic E-state index is 0.155. The van der Waals surface area contributed by atoms with Crippen molar-refractivity contribution in [1.29, 1.82) is 0 Å². The second-order valence-corrected chi connectivity index (χ2v) is 6.26. The highest BCUT2D eigenvalue weighted by atomic mass is 35.5. The number of halogens is 1. The molecule has 110 valence electrons. The van der Waals surface area contributed by atoms with Crippen LogP contribution >= 0.6 is 11.6 Å². The Hall–Kier alpha value is -1.51. The van der Waals surface area contributed by atoms with E-state index in [-0.39, 0.29) is 6.04 Å². The topological polar surface area (TPSA) is 29.3 Å². The highest BCUT2D eigenvalue weighted by molar-refractivity contribution is 6.33. The quantitative estimate of drug-likeness (QED) is 0.915. The zero-order valence-electron chi connectivity index (χ0n) is 12.3. The molecular weight excluding hydrogens is 280 g/mol. The van der Waals surface area contributed by atoms with Crippen LogP contribution in [-0.4, -0.2) is 12.6 Å². The molecule has 0 amide bonds. The molecule has 1 unspecified atom stereocenters. The largest absolute Gasteiger partial charge is 0.340 e. The number of hydrogen-bond donors (Lipinski definition) is 1. The first-order valence-corrected chi connectivity index (χ1v) is 7.92. The standard InChI is InChI=1S/C18H21ClN2/c1-13(20)11-14-8-9-18(16(19)12-14)21-10-4-6-15-5-2-3-7-17(15)21/h2-3,5,7-9,12-13H,4,6,10-11,20H2,1H3. The normalized spacial score (nSPS) is 15.7. The van der Waals surface area contributed by atoms with Gasteiger partial charge in [-0.15, -0.1) is 0 Å². The van der Waals surface area contributed by atoms with Crippen molar-refractivity contribution in [2.24, 2.45) is 5.73 Å². The van der Waals surface area contributed by atoms with Crippen LogP contribution in [0.5, 0.6) is 0 Å². The van der Waals surface area contributed by atoms with Crippen LogP contribution in [0.15, 0.2) is 42.5 Å². The third-order valence-electron chi connectivity index (χ3n) is 3.97. The monoisotopic (exact) mass is 300 g/mol. The molecule has 2 aromatic carbocycles. The van der Waals surface area contributed by atoms with E-state index >= 15 is 0 Å². The van der Waals surface area contributed by atoms with Gasteiger partial charge in [0.2, 0.25) is 0 Å². The molecule has 1 heterocycles. The minimum Gasteiger partial charge on any atom is -0.340 e. The number of rotatable bonds is 3. The molecule has 2 N–H and O–H groups in total. The molecule has 0 aliphatic carbocycles. The summed E-state index contributed by atoms with van der Waals surface area (Å²) in [5.41, 5.74) is 10.8. The fraction of sp³-hybridized carbons (Fsp3) is 0.333. The van der Waals surface area contributed by atoms with E-state index in [1.165, 1.54) is 16.8 Å². The van der Waals surface area contributed by atoms with Gasteiger partial charge in [-0.05, 0) is 55.5 Å². The highest BCUT2D eigenvalue weighted by Gasteiger charge is 2.19. The number of benzene rings is 2. The lowest BCUT2D eigenvalue weighted by Gasteiger charge is -2.32. The van der Waals surface area contributed by atoms with Crippen molar-refractivity contribution in [3.8, 4) is 0 Å². The number of aryl methyl sites for hydroxylation is 1. The van der Waals surface area contributed by atoms with Gasteiger partial charge in [0.15, 0.2) is 0 Å². The average molecular weight is 301 g/mol. The molecule has 3 rings (SSSR count). The van der Waals surface area contributed by atoms with Gasteiger partial charge in [-0.2, -0.15) is 0 Å². The zero-order chi connectivity index (χ0) is 14.8. The van der Waals surface area contributed by atoms with E-state index < -0.39 is 0 Å². The summed E-state index contributed by atoms with van der Waals surface area (Å²) in [7, 11) is 0. The van der Waals surface area contributed by atoms with Gasteiger partial charge >= 0.3 is 0 Å². The third-order valence-corrected chi connectivity index (χ3v) is 4.27. The van der Waals surface area contributed by atoms with E-state index in [1.54, 1.807) is 0 Å². The van der Waals surface area contributed by atoms with Crippen LogP contribution in [0.25, 0.3) is 0 Å². The van der Waals surface area contributed by atoms with Gasteiger partial charge in [0.25, 0.3) is 0 Å². The summed E-state index contributed by atoms with van der Waals surface area (Å²) < 4.78 is 0. The summed E-state index contributed by atoms with van der Waals surface area (Å²) >= 11 is 6.53. The lowest BCUT2D eigenvalue weighted by atomic mass is 10.0. The fourth-order valence-corrected chi connectivity index (χ4v) is 3.36. The molecule has 0 radical (unpaired) electrons. The molecule has 1 aliphatic rings. The van der Waals surface area contributed by atoms with Crippen LogP contribution in [0, 0.1) is 0 Å². The van der Waals surface area contributed by atoms with Gasteiger partial charge in [-0.3, -0.25) is 0 Å². The number of para-hydroxylation sites is 1. The molecular formula is C18H21ClN2. The summed E-state index contributed by atoms with van der Waals surface area (Å²) in [6.07, 6.45) is 3.17. The molecule has 3 heteroatoms. The third kappa shape index (κ3) is 3.07. The van der Waals surface area contributed by atoms with Crippen LogP contribution in [-0.2, 0) is 12.8 Å². The second kappa shape index (κ2) is 6.08. The van der Waals surface area contributed by atoms with Gasteiger partial charge in [-0.25, -0.2) is 0 Å². The predicted octanol–water partition coefficient (Wildman–Crippen LogP) is 4.31. The second-order valence-electron chi connectivity index (χ2n) is 5.85. The van der Waals surface area contributed by atoms with Crippen LogP contribution in [0.1, 0.15) is 24.5 Å². The van der Waals surface area contributed by atoms with Crippen molar-refractivity contribution in [2.45, 2.75) is 32.2 Å². The maximum atomic E-state index is 6.53. The van der Waals surface area contributed by atoms with E-state index in [1.807, 2.05) is 6.92 Å². The van der Waals surface area contributed by atoms with Gasteiger partial charge in [0.1, 0.15) is 0 Å². The van der Waals surface area contributed by atoms with Gasteiger partial charge in [0, 0.05) is 18.3 Å². The Balaban J connectivity index is 1.95. The van der Waals surface area contributed by atoms with Crippen molar-refractivity contribution in [2.75, 3.05) is 11.4 Å². The van der Waals surface area contributed by atoms with E-state index in [9.17, 15) is 0 Å². The molecule has 0 spiro atoms. The highest BCUT2D eigenvalue weighted by Crippen LogP contribution is 2.37. The summed E-state index contributed by atoms with van der Waals surface area (Å²) in [4.78, 5) is 2.33. The first-order valence-electron chi connectivity index (χ1n) is 7.54. The Bertz CT molecular complexity index is 637. The van der Waals surface area contributed by atoms with E-state index in [0.29, 0.717) is 0 Å². The summed E-state index contributed by atoms with van der Waals surface area (Å²) in [5.74, 6) is 0. The van der Waals surface area contributed by atoms with Crippen LogP contribution in [0.3, 0.4) is 0 Å². The zero-order valence-corrected chi connectivity index (χ0v) is 13.1. The minimum atomic E-state index is 0.155. The van der Waals surface area contributed by atoms with Crippen LogP contribution in [0.2, 0.25) is 5.02 Å². The average Bonchev–Trinajstić information content (AvgIpc) is 2.46. The van der Waals surface area contributed by atoms with Gasteiger partial charge < -0.3 is 10.6 Å². The molecule has 1 aliphatic heterocycles. The molecule has 2 nitrogen and oxygen atoms in total. The lowest BCUT2D eigenvalue weighted by Crippen LogP contribution is -2.24. The molecule has 0 fully saturated rings. The first-order chi connectivity index (χ1) is 10.1. The fourth-order valence-electron chi connectivity index (χ4n) is 3.05. The Kier molecular flexibility index (Phi) is 4.18. The molecule has 2 aromatic rings. The van der Waals surface area contributed by atoms with Crippen molar-refractivity contribution < 1.29 is 0 Å². The summed E-state index contributed by atoms with van der Waals surface area (Å²) in [6, 6.07) is 15.1. The summed E-state index contributed by atoms with van der Waals surface area (Å²) in [6.45, 7) is 3.03. The molecule has 0 bridgehead atoms. The Morgan fingerprint density at radius 1 is 1.19 bits per heavy atom. The Labute approximate surface area is 131 Å². The molecule has 0 saturated carbocycles. The summed E-state index contributed by atoms with van der Waals surface area (Å²) in [5, 5.41) is 0.810. The van der Waals surface area contributed by atoms with Crippen LogP contribution in [0.4, 0.5) is 11.4 Å². The lowest BCUT2D eigenvalue weighted by molar-refractivity contribution is 0.737. The van der Waals surface area contributed by atoms with Crippen molar-refractivity contribution >= 4 is 23.0 Å². The molecule has 1 atom stereocenters. The number of nitrogens with two attached hydrogens (primary N) is 1. The Morgan fingerprint density at radius 3 is 2.76 bits per heavy atom. The van der Waals surface area contributed by atoms with Crippen molar-refractivity contribution in [3.63, 3.8) is 0 Å². The van der Waals surface area contributed by atoms with Crippen LogP contribution < -0.4 is 10.6 Å². The van der Waals surface area contributed by atoms with E-state index in [4.69, 9.17) is 17.3 Å². The van der Waals surface area contributed by atoms with Crippen molar-refractivity contribution in [3.05, 3.63) is 58.6 Å². The van der Waals surface area contributed by atoms with E-state index in [0.717, 1.165) is 36.5 Å². The number of fused-ring (bicyclic) bond motifs is 1. The Morgan fingerprint density at radius 2 is 2.00 bits per heavy atom.